The number of thiophene rings is 1. The Kier molecular flexibility index (Phi) is 8.41. The molecule has 228 valence electrons. The number of fused-ring (bicyclic) bond motifs is 2. The SMILES string of the molecule is CCOC(=O)c1cn(-c2ccc(F)cc2F)c2c(OC)c(-c3cc4c(s3)CCCC4O[Si](C)(C)C(C)(C)C)ccc2c1=O. The van der Waals surface area contributed by atoms with Crippen LogP contribution in [0.3, 0.4) is 0 Å². The third-order valence-electron chi connectivity index (χ3n) is 8.56. The lowest BCUT2D eigenvalue weighted by Gasteiger charge is -2.40. The van der Waals surface area contributed by atoms with Gasteiger partial charge in [-0.25, -0.2) is 13.6 Å². The van der Waals surface area contributed by atoms with E-state index in [1.54, 1.807) is 30.4 Å². The number of esters is 1. The summed E-state index contributed by atoms with van der Waals surface area (Å²) in [4.78, 5) is 28.5. The smallest absolute Gasteiger partial charge is 0.343 e. The maximum atomic E-state index is 15.2. The molecule has 0 spiro atoms. The second-order valence-electron chi connectivity index (χ2n) is 12.3. The molecule has 0 aliphatic heterocycles. The Morgan fingerprint density at radius 1 is 1.14 bits per heavy atom. The van der Waals surface area contributed by atoms with E-state index in [-0.39, 0.29) is 39.9 Å². The fourth-order valence-electron chi connectivity index (χ4n) is 5.31. The molecule has 5 rings (SSSR count). The molecule has 2 aromatic carbocycles. The zero-order valence-corrected chi connectivity index (χ0v) is 27.4. The molecule has 4 aromatic rings. The number of methoxy groups -OCH3 is 1. The number of hydrogen-bond donors (Lipinski definition) is 0. The summed E-state index contributed by atoms with van der Waals surface area (Å²) in [6.07, 6.45) is 4.17. The van der Waals surface area contributed by atoms with Crippen LogP contribution in [0, 0.1) is 11.6 Å². The summed E-state index contributed by atoms with van der Waals surface area (Å²) in [5.74, 6) is -2.09. The number of pyridine rings is 1. The lowest BCUT2D eigenvalue weighted by atomic mass is 9.95. The predicted octanol–water partition coefficient (Wildman–Crippen LogP) is 8.58. The molecular formula is C33H37F2NO5SSi. The summed E-state index contributed by atoms with van der Waals surface area (Å²) in [7, 11) is -0.534. The maximum absolute atomic E-state index is 15.2. The fraction of sp³-hybridized carbons (Fsp3) is 0.394. The number of carbonyl (C=O) groups excluding carboxylic acids is 1. The van der Waals surface area contributed by atoms with Crippen molar-refractivity contribution in [2.45, 2.75) is 71.2 Å². The van der Waals surface area contributed by atoms with Crippen LogP contribution < -0.4 is 10.2 Å². The molecule has 0 radical (unpaired) electrons. The van der Waals surface area contributed by atoms with Crippen molar-refractivity contribution in [1.29, 1.82) is 0 Å². The quantitative estimate of drug-likeness (QED) is 0.152. The minimum absolute atomic E-state index is 0.000259. The molecule has 2 aromatic heterocycles. The predicted molar refractivity (Wildman–Crippen MR) is 169 cm³/mol. The molecule has 2 heterocycles. The number of benzene rings is 2. The van der Waals surface area contributed by atoms with E-state index in [2.05, 4.69) is 39.9 Å². The highest BCUT2D eigenvalue weighted by Gasteiger charge is 2.40. The van der Waals surface area contributed by atoms with Crippen LogP contribution in [-0.4, -0.2) is 32.6 Å². The molecule has 43 heavy (non-hydrogen) atoms. The van der Waals surface area contributed by atoms with Crippen LogP contribution in [0.4, 0.5) is 8.78 Å². The number of nitrogens with zero attached hydrogens (tertiary/aromatic N) is 1. The number of carbonyl (C=O) groups is 1. The van der Waals surface area contributed by atoms with Gasteiger partial charge in [0.15, 0.2) is 14.1 Å². The Labute approximate surface area is 255 Å². The first kappa shape index (κ1) is 31.1. The second-order valence-corrected chi connectivity index (χ2v) is 18.2. The Hall–Kier alpha value is -3.34. The van der Waals surface area contributed by atoms with E-state index in [9.17, 15) is 14.0 Å². The van der Waals surface area contributed by atoms with Gasteiger partial charge in [-0.3, -0.25) is 4.79 Å². The van der Waals surface area contributed by atoms with Crippen LogP contribution in [0.1, 0.15) is 67.4 Å². The summed E-state index contributed by atoms with van der Waals surface area (Å²) >= 11 is 1.66. The number of aromatic nitrogens is 1. The molecule has 0 N–H and O–H groups in total. The molecule has 6 nitrogen and oxygen atoms in total. The zero-order chi connectivity index (χ0) is 31.3. The van der Waals surface area contributed by atoms with Crippen LogP contribution in [0.25, 0.3) is 27.0 Å². The van der Waals surface area contributed by atoms with E-state index in [0.29, 0.717) is 5.75 Å². The molecule has 0 saturated heterocycles. The van der Waals surface area contributed by atoms with Crippen LogP contribution in [0.2, 0.25) is 18.1 Å². The fourth-order valence-corrected chi connectivity index (χ4v) is 7.90. The van der Waals surface area contributed by atoms with E-state index < -0.39 is 31.3 Å². The Morgan fingerprint density at radius 3 is 2.53 bits per heavy atom. The molecule has 0 saturated carbocycles. The van der Waals surface area contributed by atoms with Gasteiger partial charge in [0, 0.05) is 27.6 Å². The van der Waals surface area contributed by atoms with Crippen molar-refractivity contribution in [3.05, 3.63) is 80.5 Å². The van der Waals surface area contributed by atoms with Gasteiger partial charge in [0.05, 0.1) is 30.9 Å². The van der Waals surface area contributed by atoms with E-state index in [1.807, 2.05) is 0 Å². The monoisotopic (exact) mass is 625 g/mol. The van der Waals surface area contributed by atoms with Crippen LogP contribution in [0.15, 0.2) is 47.4 Å². The van der Waals surface area contributed by atoms with Crippen molar-refractivity contribution in [3.8, 4) is 21.9 Å². The van der Waals surface area contributed by atoms with Crippen molar-refractivity contribution in [2.75, 3.05) is 13.7 Å². The topological polar surface area (TPSA) is 66.8 Å². The summed E-state index contributed by atoms with van der Waals surface area (Å²) in [5.41, 5.74) is 1.30. The molecule has 0 bridgehead atoms. The van der Waals surface area contributed by atoms with Gasteiger partial charge in [0.2, 0.25) is 5.43 Å². The first-order valence-electron chi connectivity index (χ1n) is 14.5. The van der Waals surface area contributed by atoms with Crippen LogP contribution in [-0.2, 0) is 15.6 Å². The third kappa shape index (κ3) is 5.68. The second kappa shape index (κ2) is 11.6. The number of halogens is 2. The minimum atomic E-state index is -2.02. The summed E-state index contributed by atoms with van der Waals surface area (Å²) in [5, 5.41) is 0.225. The van der Waals surface area contributed by atoms with Gasteiger partial charge in [0.1, 0.15) is 22.7 Å². The number of hydrogen-bond acceptors (Lipinski definition) is 6. The van der Waals surface area contributed by atoms with Gasteiger partial charge < -0.3 is 18.5 Å². The normalized spacial score (nSPS) is 15.4. The first-order chi connectivity index (χ1) is 20.3. The first-order valence-corrected chi connectivity index (χ1v) is 18.2. The van der Waals surface area contributed by atoms with Gasteiger partial charge >= 0.3 is 5.97 Å². The standard InChI is InChI=1S/C33H37F2NO5SSi/c1-8-40-32(38)23-18-36(25-15-12-19(34)16-24(25)35)29-21(30(23)37)14-13-20(31(29)39-5)28-17-22-26(10-9-11-27(22)42-28)41-43(6,7)33(2,3)4/h12-18,26H,8-11H2,1-7H3. The van der Waals surface area contributed by atoms with Crippen molar-refractivity contribution in [3.63, 3.8) is 0 Å². The van der Waals surface area contributed by atoms with E-state index >= 15 is 4.39 Å². The molecule has 0 amide bonds. The van der Waals surface area contributed by atoms with Gasteiger partial charge in [-0.2, -0.15) is 0 Å². The average molecular weight is 626 g/mol. The largest absolute Gasteiger partial charge is 0.494 e. The molecular weight excluding hydrogens is 589 g/mol. The highest BCUT2D eigenvalue weighted by molar-refractivity contribution is 7.15. The van der Waals surface area contributed by atoms with E-state index in [1.165, 1.54) is 34.4 Å². The van der Waals surface area contributed by atoms with E-state index in [4.69, 9.17) is 13.9 Å². The molecule has 0 fully saturated rings. The number of aryl methyl sites for hydroxylation is 1. The van der Waals surface area contributed by atoms with E-state index in [0.717, 1.165) is 41.8 Å². The van der Waals surface area contributed by atoms with Crippen molar-refractivity contribution >= 4 is 36.5 Å². The van der Waals surface area contributed by atoms with Crippen LogP contribution in [0.5, 0.6) is 5.75 Å². The summed E-state index contributed by atoms with van der Waals surface area (Å²) in [6, 6.07) is 8.72. The number of ether oxygens (including phenoxy) is 2. The average Bonchev–Trinajstić information content (AvgIpc) is 3.38. The molecule has 1 aliphatic carbocycles. The molecule has 1 atom stereocenters. The Morgan fingerprint density at radius 2 is 1.88 bits per heavy atom. The van der Waals surface area contributed by atoms with Crippen molar-refractivity contribution < 1.29 is 27.5 Å². The lowest BCUT2D eigenvalue weighted by Crippen LogP contribution is -2.42. The van der Waals surface area contributed by atoms with Crippen LogP contribution >= 0.6 is 11.3 Å². The lowest BCUT2D eigenvalue weighted by molar-refractivity contribution is 0.0524. The van der Waals surface area contributed by atoms with Gasteiger partial charge in [0.25, 0.3) is 0 Å². The number of rotatable bonds is 7. The van der Waals surface area contributed by atoms with Gasteiger partial charge in [-0.15, -0.1) is 11.3 Å². The maximum Gasteiger partial charge on any atom is 0.343 e. The molecule has 1 unspecified atom stereocenters. The minimum Gasteiger partial charge on any atom is -0.494 e. The molecule has 1 aliphatic rings. The van der Waals surface area contributed by atoms with Gasteiger partial charge in [-0.1, -0.05) is 20.8 Å². The highest BCUT2D eigenvalue weighted by atomic mass is 32.1. The highest BCUT2D eigenvalue weighted by Crippen LogP contribution is 2.48. The van der Waals surface area contributed by atoms with Crippen molar-refractivity contribution in [2.24, 2.45) is 0 Å². The molecule has 10 heteroatoms. The third-order valence-corrected chi connectivity index (χ3v) is 14.3. The zero-order valence-electron chi connectivity index (χ0n) is 25.6. The summed E-state index contributed by atoms with van der Waals surface area (Å²) in [6.45, 7) is 12.9. The van der Waals surface area contributed by atoms with Crippen molar-refractivity contribution in [1.82, 2.24) is 4.57 Å². The Balaban J connectivity index is 1.73. The Bertz CT molecular complexity index is 1770. The van der Waals surface area contributed by atoms with Gasteiger partial charge in [-0.05, 0) is 80.2 Å². The summed E-state index contributed by atoms with van der Waals surface area (Å²) < 4.78 is 48.4.